The van der Waals surface area contributed by atoms with E-state index in [0.29, 0.717) is 57.0 Å². The summed E-state index contributed by atoms with van der Waals surface area (Å²) in [5.74, 6) is -0.00344. The Morgan fingerprint density at radius 1 is 1.09 bits per heavy atom. The highest BCUT2D eigenvalue weighted by atomic mass is 16.5. The zero-order chi connectivity index (χ0) is 23.7. The summed E-state index contributed by atoms with van der Waals surface area (Å²) in [4.78, 5) is 56.0. The second-order valence-electron chi connectivity index (χ2n) is 9.30. The van der Waals surface area contributed by atoms with Crippen LogP contribution in [0, 0.1) is 0 Å². The summed E-state index contributed by atoms with van der Waals surface area (Å²) in [6.07, 6.45) is 2.93. The summed E-state index contributed by atoms with van der Waals surface area (Å²) in [5, 5.41) is 2.87. The van der Waals surface area contributed by atoms with Gasteiger partial charge in [-0.3, -0.25) is 19.3 Å². The Morgan fingerprint density at radius 2 is 1.82 bits per heavy atom. The van der Waals surface area contributed by atoms with E-state index in [1.54, 1.807) is 28.0 Å². The first kappa shape index (κ1) is 22.6. The number of hydrogen-bond acceptors (Lipinski definition) is 6. The lowest BCUT2D eigenvalue weighted by Gasteiger charge is -2.37. The number of morpholine rings is 1. The number of para-hydroxylation sites is 2. The number of nitrogens with one attached hydrogen (secondary N) is 1. The molecular formula is C24H30N4O6. The predicted octanol–water partition coefficient (Wildman–Crippen LogP) is 1.28. The number of imide groups is 1. The molecule has 10 heteroatoms. The molecule has 3 fully saturated rings. The number of amides is 5. The zero-order valence-corrected chi connectivity index (χ0v) is 19.2. The molecule has 1 atom stereocenters. The maximum Gasteiger partial charge on any atom is 0.325 e. The molecule has 4 aliphatic rings. The number of benzene rings is 1. The Kier molecular flexibility index (Phi) is 6.16. The molecule has 1 N–H and O–H groups in total. The van der Waals surface area contributed by atoms with E-state index in [0.717, 1.165) is 12.8 Å². The van der Waals surface area contributed by atoms with Crippen molar-refractivity contribution in [3.8, 4) is 5.75 Å². The standard InChI is InChI=1S/C24H30N4O6/c29-20(8-5-11-27-22(31)24(25-23(27)32)9-3-4-10-24)28-16-19(21(30)26-12-14-33-15-13-26)34-18-7-2-1-6-17(18)28/h1-2,6-7,19H,3-5,8-16H2,(H,25,32). The van der Waals surface area contributed by atoms with Crippen molar-refractivity contribution in [2.24, 2.45) is 0 Å². The van der Waals surface area contributed by atoms with Crippen LogP contribution in [0.4, 0.5) is 10.5 Å². The van der Waals surface area contributed by atoms with E-state index in [1.807, 2.05) is 6.07 Å². The van der Waals surface area contributed by atoms with Gasteiger partial charge in [0.1, 0.15) is 11.3 Å². The molecule has 1 aromatic carbocycles. The van der Waals surface area contributed by atoms with Gasteiger partial charge in [-0.05, 0) is 31.4 Å². The fourth-order valence-corrected chi connectivity index (χ4v) is 5.31. The Bertz CT molecular complexity index is 985. The molecule has 3 heterocycles. The predicted molar refractivity (Wildman–Crippen MR) is 121 cm³/mol. The fourth-order valence-electron chi connectivity index (χ4n) is 5.31. The number of nitrogens with zero attached hydrogens (tertiary/aromatic N) is 3. The van der Waals surface area contributed by atoms with Gasteiger partial charge in [-0.2, -0.15) is 0 Å². The summed E-state index contributed by atoms with van der Waals surface area (Å²) in [7, 11) is 0. The molecular weight excluding hydrogens is 440 g/mol. The highest BCUT2D eigenvalue weighted by molar-refractivity contribution is 6.07. The molecule has 1 unspecified atom stereocenters. The van der Waals surface area contributed by atoms with Gasteiger partial charge in [0.05, 0.1) is 25.4 Å². The monoisotopic (exact) mass is 470 g/mol. The molecule has 0 aromatic heterocycles. The van der Waals surface area contributed by atoms with Gasteiger partial charge in [0.15, 0.2) is 6.10 Å². The molecule has 1 aromatic rings. The number of carbonyl (C=O) groups excluding carboxylic acids is 4. The number of anilines is 1. The largest absolute Gasteiger partial charge is 0.476 e. The quantitative estimate of drug-likeness (QED) is 0.650. The van der Waals surface area contributed by atoms with E-state index < -0.39 is 11.6 Å². The molecule has 1 spiro atoms. The van der Waals surface area contributed by atoms with Crippen molar-refractivity contribution in [2.45, 2.75) is 50.2 Å². The average Bonchev–Trinajstić information content (AvgIpc) is 3.43. The summed E-state index contributed by atoms with van der Waals surface area (Å²) in [5.41, 5.74) is -0.115. The molecule has 1 aliphatic carbocycles. The van der Waals surface area contributed by atoms with Crippen LogP contribution in [-0.2, 0) is 19.1 Å². The highest BCUT2D eigenvalue weighted by Gasteiger charge is 2.52. The molecule has 10 nitrogen and oxygen atoms in total. The van der Waals surface area contributed by atoms with E-state index in [-0.39, 0.29) is 43.3 Å². The van der Waals surface area contributed by atoms with Crippen molar-refractivity contribution in [3.05, 3.63) is 24.3 Å². The van der Waals surface area contributed by atoms with Gasteiger partial charge in [-0.25, -0.2) is 4.79 Å². The third-order valence-corrected chi connectivity index (χ3v) is 7.15. The molecule has 5 amide bonds. The number of ether oxygens (including phenoxy) is 2. The van der Waals surface area contributed by atoms with Gasteiger partial charge in [0.2, 0.25) is 5.91 Å². The topological polar surface area (TPSA) is 108 Å². The van der Waals surface area contributed by atoms with Gasteiger partial charge in [-0.1, -0.05) is 25.0 Å². The van der Waals surface area contributed by atoms with Crippen LogP contribution in [0.5, 0.6) is 5.75 Å². The van der Waals surface area contributed by atoms with Crippen LogP contribution in [0.15, 0.2) is 24.3 Å². The van der Waals surface area contributed by atoms with Crippen molar-refractivity contribution >= 4 is 29.4 Å². The smallest absolute Gasteiger partial charge is 0.325 e. The van der Waals surface area contributed by atoms with Crippen LogP contribution in [-0.4, -0.2) is 84.6 Å². The first-order valence-corrected chi connectivity index (χ1v) is 12.1. The SMILES string of the molecule is O=C(C1CN(C(=O)CCCN2C(=O)NC3(CCCC3)C2=O)c2ccccc2O1)N1CCOCC1. The minimum absolute atomic E-state index is 0.123. The van der Waals surface area contributed by atoms with Crippen LogP contribution in [0.1, 0.15) is 38.5 Å². The molecule has 2 saturated heterocycles. The number of carbonyl (C=O) groups is 4. The van der Waals surface area contributed by atoms with Crippen LogP contribution in [0.3, 0.4) is 0 Å². The molecule has 0 bridgehead atoms. The Balaban J connectivity index is 1.23. The van der Waals surface area contributed by atoms with E-state index in [1.165, 1.54) is 4.90 Å². The summed E-state index contributed by atoms with van der Waals surface area (Å²) >= 11 is 0. The molecule has 0 radical (unpaired) electrons. The molecule has 5 rings (SSSR count). The summed E-state index contributed by atoms with van der Waals surface area (Å²) in [6.45, 7) is 2.30. The van der Waals surface area contributed by atoms with Gasteiger partial charge in [0.25, 0.3) is 11.8 Å². The molecule has 1 saturated carbocycles. The van der Waals surface area contributed by atoms with Crippen LogP contribution in [0.2, 0.25) is 0 Å². The van der Waals surface area contributed by atoms with Crippen molar-refractivity contribution in [1.82, 2.24) is 15.1 Å². The van der Waals surface area contributed by atoms with Gasteiger partial charge in [-0.15, -0.1) is 0 Å². The first-order chi connectivity index (χ1) is 16.5. The molecule has 182 valence electrons. The Morgan fingerprint density at radius 3 is 2.59 bits per heavy atom. The lowest BCUT2D eigenvalue weighted by molar-refractivity contribution is -0.143. The van der Waals surface area contributed by atoms with E-state index in [9.17, 15) is 19.2 Å². The molecule has 3 aliphatic heterocycles. The van der Waals surface area contributed by atoms with Gasteiger partial charge in [0, 0.05) is 26.1 Å². The average molecular weight is 471 g/mol. The van der Waals surface area contributed by atoms with Gasteiger partial charge < -0.3 is 24.6 Å². The number of urea groups is 1. The van der Waals surface area contributed by atoms with Crippen molar-refractivity contribution in [1.29, 1.82) is 0 Å². The summed E-state index contributed by atoms with van der Waals surface area (Å²) < 4.78 is 11.3. The van der Waals surface area contributed by atoms with Gasteiger partial charge >= 0.3 is 6.03 Å². The third kappa shape index (κ3) is 4.11. The normalized spacial score (nSPS) is 23.6. The highest BCUT2D eigenvalue weighted by Crippen LogP contribution is 2.36. The Labute approximate surface area is 198 Å². The van der Waals surface area contributed by atoms with Crippen molar-refractivity contribution in [2.75, 3.05) is 44.3 Å². The van der Waals surface area contributed by atoms with E-state index >= 15 is 0 Å². The van der Waals surface area contributed by atoms with E-state index in [2.05, 4.69) is 5.32 Å². The van der Waals surface area contributed by atoms with Crippen molar-refractivity contribution < 1.29 is 28.7 Å². The Hall–Kier alpha value is -3.14. The van der Waals surface area contributed by atoms with E-state index in [4.69, 9.17) is 9.47 Å². The lowest BCUT2D eigenvalue weighted by Crippen LogP contribution is -2.54. The van der Waals surface area contributed by atoms with Crippen LogP contribution >= 0.6 is 0 Å². The minimum Gasteiger partial charge on any atom is -0.476 e. The minimum atomic E-state index is -0.787. The number of fused-ring (bicyclic) bond motifs is 1. The maximum absolute atomic E-state index is 13.2. The summed E-state index contributed by atoms with van der Waals surface area (Å²) in [6, 6.07) is 6.81. The first-order valence-electron chi connectivity index (χ1n) is 12.1. The second-order valence-corrected chi connectivity index (χ2v) is 9.30. The lowest BCUT2D eigenvalue weighted by atomic mass is 9.98. The third-order valence-electron chi connectivity index (χ3n) is 7.15. The van der Waals surface area contributed by atoms with Crippen molar-refractivity contribution in [3.63, 3.8) is 0 Å². The maximum atomic E-state index is 13.2. The fraction of sp³-hybridized carbons (Fsp3) is 0.583. The number of rotatable bonds is 5. The van der Waals surface area contributed by atoms with Crippen LogP contribution in [0.25, 0.3) is 0 Å². The zero-order valence-electron chi connectivity index (χ0n) is 19.2. The second kappa shape index (κ2) is 9.25. The molecule has 34 heavy (non-hydrogen) atoms. The van der Waals surface area contributed by atoms with Crippen LogP contribution < -0.4 is 15.0 Å². The number of hydrogen-bond donors (Lipinski definition) is 1.